The van der Waals surface area contributed by atoms with Crippen LogP contribution in [0.4, 0.5) is 0 Å². The highest BCUT2D eigenvalue weighted by Gasteiger charge is 2.14. The van der Waals surface area contributed by atoms with Crippen molar-refractivity contribution in [2.45, 2.75) is 4.90 Å². The van der Waals surface area contributed by atoms with Crippen LogP contribution in [0.5, 0.6) is 0 Å². The molecular formula is C12H9ClO3S. The molecule has 0 bridgehead atoms. The minimum Gasteiger partial charge on any atom is -0.461 e. The van der Waals surface area contributed by atoms with Gasteiger partial charge in [-0.25, -0.2) is 0 Å². The van der Waals surface area contributed by atoms with E-state index >= 15 is 0 Å². The van der Waals surface area contributed by atoms with Gasteiger partial charge in [0.15, 0.2) is 5.76 Å². The third-order valence-corrected chi connectivity index (χ3v) is 3.66. The number of carbonyl (C=O) groups excluding carboxylic acids is 1. The van der Waals surface area contributed by atoms with Crippen LogP contribution in [0, 0.1) is 0 Å². The summed E-state index contributed by atoms with van der Waals surface area (Å²) in [5.74, 6) is -0.165. The first kappa shape index (κ1) is 12.1. The lowest BCUT2D eigenvalue weighted by Crippen LogP contribution is -2.10. The molecule has 88 valence electrons. The second-order valence-corrected chi connectivity index (χ2v) is 5.24. The number of hydrogen-bond acceptors (Lipinski definition) is 3. The average Bonchev–Trinajstić information content (AvgIpc) is 2.82. The van der Waals surface area contributed by atoms with Gasteiger partial charge in [-0.15, -0.1) is 0 Å². The number of ketones is 1. The number of carbonyl (C=O) groups is 1. The first-order chi connectivity index (χ1) is 8.16. The van der Waals surface area contributed by atoms with Crippen molar-refractivity contribution in [3.63, 3.8) is 0 Å². The highest BCUT2D eigenvalue weighted by atomic mass is 35.5. The molecule has 0 aliphatic rings. The van der Waals surface area contributed by atoms with E-state index in [1.807, 2.05) is 0 Å². The zero-order valence-corrected chi connectivity index (χ0v) is 10.3. The van der Waals surface area contributed by atoms with E-state index in [0.29, 0.717) is 9.92 Å². The molecule has 1 unspecified atom stereocenters. The van der Waals surface area contributed by atoms with Crippen LogP contribution in [0.25, 0.3) is 0 Å². The fraction of sp³-hybridized carbons (Fsp3) is 0.0833. The minimum atomic E-state index is -1.40. The Morgan fingerprint density at radius 3 is 2.76 bits per heavy atom. The van der Waals surface area contributed by atoms with Gasteiger partial charge in [0.25, 0.3) is 0 Å². The Labute approximate surface area is 106 Å². The van der Waals surface area contributed by atoms with Gasteiger partial charge in [-0.2, -0.15) is 0 Å². The van der Waals surface area contributed by atoms with Crippen LogP contribution in [0.15, 0.2) is 52.0 Å². The molecule has 17 heavy (non-hydrogen) atoms. The first-order valence-corrected chi connectivity index (χ1v) is 6.57. The van der Waals surface area contributed by atoms with Crippen molar-refractivity contribution < 1.29 is 13.4 Å². The number of benzene rings is 1. The van der Waals surface area contributed by atoms with Crippen molar-refractivity contribution >= 4 is 28.2 Å². The highest BCUT2D eigenvalue weighted by molar-refractivity contribution is 7.85. The summed E-state index contributed by atoms with van der Waals surface area (Å²) < 4.78 is 16.8. The quantitative estimate of drug-likeness (QED) is 0.801. The maximum Gasteiger partial charge on any atom is 0.210 e. The molecule has 1 aromatic heterocycles. The number of Topliss-reactive ketones (excluding diaryl/α,β-unsaturated/α-hetero) is 1. The predicted molar refractivity (Wildman–Crippen MR) is 65.8 cm³/mol. The van der Waals surface area contributed by atoms with E-state index in [1.54, 1.807) is 36.4 Å². The van der Waals surface area contributed by atoms with Crippen molar-refractivity contribution in [2.24, 2.45) is 0 Å². The van der Waals surface area contributed by atoms with Gasteiger partial charge in [0.1, 0.15) is 0 Å². The van der Waals surface area contributed by atoms with E-state index in [1.165, 1.54) is 6.26 Å². The third kappa shape index (κ3) is 3.05. The van der Waals surface area contributed by atoms with Gasteiger partial charge in [-0.1, -0.05) is 17.7 Å². The van der Waals surface area contributed by atoms with Crippen molar-refractivity contribution in [3.8, 4) is 0 Å². The van der Waals surface area contributed by atoms with Gasteiger partial charge in [0.2, 0.25) is 5.78 Å². The zero-order valence-electron chi connectivity index (χ0n) is 8.76. The van der Waals surface area contributed by atoms with E-state index in [4.69, 9.17) is 16.0 Å². The van der Waals surface area contributed by atoms with Gasteiger partial charge in [-0.3, -0.25) is 9.00 Å². The number of hydrogen-bond donors (Lipinski definition) is 0. The fourth-order valence-electron chi connectivity index (χ4n) is 1.32. The Balaban J connectivity index is 2.10. The Hall–Kier alpha value is -1.39. The second kappa shape index (κ2) is 5.29. The topological polar surface area (TPSA) is 47.3 Å². The van der Waals surface area contributed by atoms with Crippen LogP contribution >= 0.6 is 11.6 Å². The van der Waals surface area contributed by atoms with Crippen LogP contribution < -0.4 is 0 Å². The molecule has 0 aliphatic carbocycles. The van der Waals surface area contributed by atoms with Crippen LogP contribution in [0.3, 0.4) is 0 Å². The molecule has 0 saturated carbocycles. The maximum atomic E-state index is 11.9. The van der Waals surface area contributed by atoms with Crippen molar-refractivity contribution in [3.05, 3.63) is 53.4 Å². The summed E-state index contributed by atoms with van der Waals surface area (Å²) >= 11 is 5.79. The summed E-state index contributed by atoms with van der Waals surface area (Å²) in [5, 5.41) is 0.501. The monoisotopic (exact) mass is 268 g/mol. The van der Waals surface area contributed by atoms with Gasteiger partial charge in [-0.05, 0) is 30.3 Å². The van der Waals surface area contributed by atoms with Gasteiger partial charge in [0, 0.05) is 9.92 Å². The maximum absolute atomic E-state index is 11.9. The third-order valence-electron chi connectivity index (χ3n) is 2.12. The molecule has 0 aliphatic heterocycles. The molecular weight excluding hydrogens is 260 g/mol. The summed E-state index contributed by atoms with van der Waals surface area (Å²) in [4.78, 5) is 12.2. The summed E-state index contributed by atoms with van der Waals surface area (Å²) in [6.07, 6.45) is 1.41. The van der Waals surface area contributed by atoms with E-state index in [0.717, 1.165) is 0 Å². The fourth-order valence-corrected chi connectivity index (χ4v) is 2.61. The molecule has 1 heterocycles. The first-order valence-electron chi connectivity index (χ1n) is 4.87. The lowest BCUT2D eigenvalue weighted by molar-refractivity contribution is 0.0991. The number of furan rings is 1. The molecule has 3 nitrogen and oxygen atoms in total. The Kier molecular flexibility index (Phi) is 3.76. The molecule has 5 heteroatoms. The SMILES string of the molecule is O=C(CS(=O)c1cccc(Cl)c1)c1ccco1. The molecule has 2 rings (SSSR count). The highest BCUT2D eigenvalue weighted by Crippen LogP contribution is 2.15. The van der Waals surface area contributed by atoms with E-state index in [2.05, 4.69) is 0 Å². The lowest BCUT2D eigenvalue weighted by atomic mass is 10.3. The average molecular weight is 269 g/mol. The summed E-state index contributed by atoms with van der Waals surface area (Å²) in [5.41, 5.74) is 0. The summed E-state index contributed by atoms with van der Waals surface area (Å²) in [6, 6.07) is 9.83. The van der Waals surface area contributed by atoms with Crippen molar-refractivity contribution in [1.29, 1.82) is 0 Å². The molecule has 0 fully saturated rings. The van der Waals surface area contributed by atoms with Gasteiger partial charge in [0.05, 0.1) is 22.8 Å². The zero-order chi connectivity index (χ0) is 12.3. The van der Waals surface area contributed by atoms with Crippen LogP contribution in [-0.4, -0.2) is 15.7 Å². The standard InChI is InChI=1S/C12H9ClO3S/c13-9-3-1-4-10(7-9)17(15)8-11(14)12-5-2-6-16-12/h1-7H,8H2. The minimum absolute atomic E-state index is 0.103. The normalized spacial score (nSPS) is 12.3. The van der Waals surface area contributed by atoms with E-state index < -0.39 is 10.8 Å². The van der Waals surface area contributed by atoms with Gasteiger partial charge < -0.3 is 4.42 Å². The van der Waals surface area contributed by atoms with Crippen LogP contribution in [0.1, 0.15) is 10.6 Å². The van der Waals surface area contributed by atoms with Gasteiger partial charge >= 0.3 is 0 Å². The van der Waals surface area contributed by atoms with Crippen molar-refractivity contribution in [2.75, 3.05) is 5.75 Å². The molecule has 1 aromatic carbocycles. The Morgan fingerprint density at radius 1 is 1.29 bits per heavy atom. The molecule has 0 radical (unpaired) electrons. The summed E-state index contributed by atoms with van der Waals surface area (Å²) in [6.45, 7) is 0. The van der Waals surface area contributed by atoms with Crippen molar-refractivity contribution in [1.82, 2.24) is 0 Å². The predicted octanol–water partition coefficient (Wildman–Crippen LogP) is 2.92. The van der Waals surface area contributed by atoms with E-state index in [9.17, 15) is 9.00 Å². The van der Waals surface area contributed by atoms with Crippen LogP contribution in [-0.2, 0) is 10.8 Å². The number of rotatable bonds is 4. The lowest BCUT2D eigenvalue weighted by Gasteiger charge is -2.00. The smallest absolute Gasteiger partial charge is 0.210 e. The molecule has 0 spiro atoms. The molecule has 0 N–H and O–H groups in total. The Morgan fingerprint density at radius 2 is 2.12 bits per heavy atom. The molecule has 0 saturated heterocycles. The molecule has 1 atom stereocenters. The largest absolute Gasteiger partial charge is 0.461 e. The molecule has 0 amide bonds. The molecule has 2 aromatic rings. The second-order valence-electron chi connectivity index (χ2n) is 3.35. The van der Waals surface area contributed by atoms with Crippen LogP contribution in [0.2, 0.25) is 5.02 Å². The summed E-state index contributed by atoms with van der Waals surface area (Å²) in [7, 11) is -1.40. The number of halogens is 1. The Bertz CT molecular complexity index is 549. The van der Waals surface area contributed by atoms with E-state index in [-0.39, 0.29) is 17.3 Å².